The van der Waals surface area contributed by atoms with Gasteiger partial charge in [0.05, 0.1) is 4.92 Å². The molecule has 106 valence electrons. The van der Waals surface area contributed by atoms with Gasteiger partial charge in [0.2, 0.25) is 0 Å². The average molecular weight is 304 g/mol. The van der Waals surface area contributed by atoms with Gasteiger partial charge in [-0.25, -0.2) is 0 Å². The number of nitrogens with zero attached hydrogens (tertiary/aromatic N) is 2. The number of nitrogens with one attached hydrogen (secondary N) is 1. The minimum atomic E-state index is -0.305. The van der Waals surface area contributed by atoms with Crippen LogP contribution in [0.15, 0.2) is 11.4 Å². The van der Waals surface area contributed by atoms with Crippen molar-refractivity contribution in [2.24, 2.45) is 0 Å². The van der Waals surface area contributed by atoms with Crippen LogP contribution in [-0.4, -0.2) is 35.0 Å². The molecule has 3 heterocycles. The number of fused-ring (bicyclic) bond motifs is 2. The van der Waals surface area contributed by atoms with Crippen molar-refractivity contribution in [1.82, 2.24) is 10.2 Å². The van der Waals surface area contributed by atoms with Gasteiger partial charge in [-0.3, -0.25) is 15.0 Å². The molecule has 2 bridgehead atoms. The summed E-state index contributed by atoms with van der Waals surface area (Å²) in [6.07, 6.45) is 3.77. The second-order valence-corrected chi connectivity index (χ2v) is 6.10. The molecule has 19 heavy (non-hydrogen) atoms. The van der Waals surface area contributed by atoms with Gasteiger partial charge in [-0.1, -0.05) is 11.3 Å². The Kier molecular flexibility index (Phi) is 4.78. The van der Waals surface area contributed by atoms with Gasteiger partial charge in [0, 0.05) is 43.2 Å². The molecular weight excluding hydrogens is 286 g/mol. The molecule has 1 N–H and O–H groups in total. The van der Waals surface area contributed by atoms with Crippen molar-refractivity contribution < 1.29 is 4.92 Å². The summed E-state index contributed by atoms with van der Waals surface area (Å²) in [5.74, 6) is 0. The molecule has 2 unspecified atom stereocenters. The van der Waals surface area contributed by atoms with Gasteiger partial charge in [0.25, 0.3) is 0 Å². The summed E-state index contributed by atoms with van der Waals surface area (Å²) in [7, 11) is 0. The zero-order valence-corrected chi connectivity index (χ0v) is 12.2. The van der Waals surface area contributed by atoms with Gasteiger partial charge in [0.15, 0.2) is 0 Å². The third kappa shape index (κ3) is 3.45. The number of thiophene rings is 1. The molecule has 2 aliphatic heterocycles. The Balaban J connectivity index is 0.00000133. The first-order valence-electron chi connectivity index (χ1n) is 6.41. The monoisotopic (exact) mass is 303 g/mol. The number of hydrogen-bond acceptors (Lipinski definition) is 5. The Morgan fingerprint density at radius 2 is 2.21 bits per heavy atom. The van der Waals surface area contributed by atoms with E-state index in [2.05, 4.69) is 10.2 Å². The molecule has 2 fully saturated rings. The highest BCUT2D eigenvalue weighted by Gasteiger charge is 2.29. The molecule has 5 nitrogen and oxygen atoms in total. The molecule has 0 amide bonds. The summed E-state index contributed by atoms with van der Waals surface area (Å²) >= 11 is 1.23. The minimum Gasteiger partial charge on any atom is -0.310 e. The van der Waals surface area contributed by atoms with E-state index in [0.29, 0.717) is 12.1 Å². The van der Waals surface area contributed by atoms with Crippen LogP contribution >= 0.6 is 23.7 Å². The number of halogens is 1. The van der Waals surface area contributed by atoms with Crippen LogP contribution in [0.1, 0.15) is 24.8 Å². The van der Waals surface area contributed by atoms with E-state index in [1.165, 1.54) is 30.6 Å². The first-order chi connectivity index (χ1) is 8.70. The minimum absolute atomic E-state index is 0. The predicted octanol–water partition coefficient (Wildman–Crippen LogP) is 2.40. The first-order valence-corrected chi connectivity index (χ1v) is 7.29. The van der Waals surface area contributed by atoms with Crippen molar-refractivity contribution in [2.45, 2.75) is 37.9 Å². The lowest BCUT2D eigenvalue weighted by atomic mass is 10.1. The summed E-state index contributed by atoms with van der Waals surface area (Å²) < 4.78 is 0. The molecule has 3 rings (SSSR count). The highest BCUT2D eigenvalue weighted by Crippen LogP contribution is 2.25. The lowest BCUT2D eigenvalue weighted by Crippen LogP contribution is -2.34. The summed E-state index contributed by atoms with van der Waals surface area (Å²) in [5.41, 5.74) is 1.07. The quantitative estimate of drug-likeness (QED) is 0.688. The largest absolute Gasteiger partial charge is 0.324 e. The fourth-order valence-corrected chi connectivity index (χ4v) is 3.68. The van der Waals surface area contributed by atoms with Crippen molar-refractivity contribution in [3.8, 4) is 0 Å². The second-order valence-electron chi connectivity index (χ2n) is 5.21. The topological polar surface area (TPSA) is 58.4 Å². The van der Waals surface area contributed by atoms with Crippen LogP contribution in [-0.2, 0) is 6.54 Å². The van der Waals surface area contributed by atoms with Crippen LogP contribution < -0.4 is 5.32 Å². The molecule has 0 aliphatic carbocycles. The smallest absolute Gasteiger partial charge is 0.310 e. The van der Waals surface area contributed by atoms with E-state index >= 15 is 0 Å². The Morgan fingerprint density at radius 1 is 1.42 bits per heavy atom. The zero-order chi connectivity index (χ0) is 12.5. The van der Waals surface area contributed by atoms with E-state index in [-0.39, 0.29) is 22.3 Å². The van der Waals surface area contributed by atoms with Gasteiger partial charge < -0.3 is 5.32 Å². The molecule has 0 spiro atoms. The van der Waals surface area contributed by atoms with Crippen LogP contribution in [0, 0.1) is 10.1 Å². The third-order valence-electron chi connectivity index (χ3n) is 3.83. The molecule has 0 radical (unpaired) electrons. The van der Waals surface area contributed by atoms with E-state index in [4.69, 9.17) is 0 Å². The fourth-order valence-electron chi connectivity index (χ4n) is 2.96. The molecule has 7 heteroatoms. The van der Waals surface area contributed by atoms with Crippen LogP contribution in [0.3, 0.4) is 0 Å². The molecular formula is C12H18ClN3O2S. The summed E-state index contributed by atoms with van der Waals surface area (Å²) in [6, 6.07) is 3.02. The maximum Gasteiger partial charge on any atom is 0.324 e. The molecule has 2 saturated heterocycles. The molecule has 1 aromatic heterocycles. The Bertz CT molecular complexity index is 454. The Hall–Kier alpha value is -0.690. The second kappa shape index (κ2) is 6.17. The van der Waals surface area contributed by atoms with Crippen molar-refractivity contribution in [1.29, 1.82) is 0 Å². The lowest BCUT2D eigenvalue weighted by Gasteiger charge is -2.23. The molecule has 0 aromatic carbocycles. The summed E-state index contributed by atoms with van der Waals surface area (Å²) in [5, 5.41) is 16.5. The van der Waals surface area contributed by atoms with Crippen LogP contribution in [0.25, 0.3) is 0 Å². The van der Waals surface area contributed by atoms with Gasteiger partial charge >= 0.3 is 5.00 Å². The van der Waals surface area contributed by atoms with Crippen LogP contribution in [0.5, 0.6) is 0 Å². The van der Waals surface area contributed by atoms with Gasteiger partial charge in [-0.05, 0) is 24.8 Å². The van der Waals surface area contributed by atoms with Crippen molar-refractivity contribution >= 4 is 28.7 Å². The van der Waals surface area contributed by atoms with E-state index in [0.717, 1.165) is 25.2 Å². The summed E-state index contributed by atoms with van der Waals surface area (Å²) in [4.78, 5) is 12.8. The fraction of sp³-hybridized carbons (Fsp3) is 0.667. The van der Waals surface area contributed by atoms with E-state index in [9.17, 15) is 10.1 Å². The SMILES string of the molecule is Cl.O=[N+]([O-])c1cc(CN2CCC3CCC(C2)N3)cs1. The van der Waals surface area contributed by atoms with Gasteiger partial charge in [0.1, 0.15) is 0 Å². The maximum atomic E-state index is 10.7. The van der Waals surface area contributed by atoms with Gasteiger partial charge in [-0.15, -0.1) is 12.4 Å². The lowest BCUT2D eigenvalue weighted by molar-refractivity contribution is -0.380. The highest BCUT2D eigenvalue weighted by atomic mass is 35.5. The van der Waals surface area contributed by atoms with E-state index in [1.807, 2.05) is 5.38 Å². The van der Waals surface area contributed by atoms with Crippen molar-refractivity contribution in [2.75, 3.05) is 13.1 Å². The van der Waals surface area contributed by atoms with Crippen LogP contribution in [0.2, 0.25) is 0 Å². The van der Waals surface area contributed by atoms with Crippen LogP contribution in [0.4, 0.5) is 5.00 Å². The molecule has 2 aliphatic rings. The average Bonchev–Trinajstić information content (AvgIpc) is 2.89. The molecule has 1 aromatic rings. The standard InChI is InChI=1S/C12H17N3O2S.ClH/c16-15(17)12-5-9(8-18-12)6-14-4-3-10-1-2-11(7-14)13-10;/h5,8,10-11,13H,1-4,6-7H2;1H. The summed E-state index contributed by atoms with van der Waals surface area (Å²) in [6.45, 7) is 3.01. The van der Waals surface area contributed by atoms with Crippen molar-refractivity contribution in [3.05, 3.63) is 27.1 Å². The van der Waals surface area contributed by atoms with E-state index < -0.39 is 0 Å². The van der Waals surface area contributed by atoms with Crippen molar-refractivity contribution in [3.63, 3.8) is 0 Å². The number of likely N-dealkylation sites (tertiary alicyclic amines) is 1. The zero-order valence-electron chi connectivity index (χ0n) is 10.6. The normalized spacial score (nSPS) is 26.7. The maximum absolute atomic E-state index is 10.7. The highest BCUT2D eigenvalue weighted by molar-refractivity contribution is 7.13. The van der Waals surface area contributed by atoms with E-state index in [1.54, 1.807) is 6.07 Å². The number of rotatable bonds is 3. The Labute approximate surface area is 122 Å². The Morgan fingerprint density at radius 3 is 2.95 bits per heavy atom. The third-order valence-corrected chi connectivity index (χ3v) is 4.76. The molecule has 0 saturated carbocycles. The first kappa shape index (κ1) is 14.7. The predicted molar refractivity (Wildman–Crippen MR) is 78.1 cm³/mol. The molecule has 2 atom stereocenters. The van der Waals surface area contributed by atoms with Gasteiger partial charge in [-0.2, -0.15) is 0 Å². The number of hydrogen-bond donors (Lipinski definition) is 1. The number of nitro groups is 1.